The number of halogens is 4. The van der Waals surface area contributed by atoms with Gasteiger partial charge in [-0.3, -0.25) is 14.4 Å². The number of nitrogens with zero attached hydrogens (tertiary/aromatic N) is 1. The molecule has 0 fully saturated rings. The monoisotopic (exact) mass is 405 g/mol. The first kappa shape index (κ1) is 19.9. The van der Waals surface area contributed by atoms with Crippen molar-refractivity contribution in [2.24, 2.45) is 0 Å². The standard InChI is InChI=1S/C15H11ClF3N3O3S/c16-7-12(25)21-13-8(2-1-3-9(13)15(17,18)19)10(23)6-11(24)22-14-20-4-5-26-14/h1-5H,6-7H2,(H,21,25)(H,20,22,24). The van der Waals surface area contributed by atoms with Gasteiger partial charge in [0.05, 0.1) is 17.7 Å². The second-order valence-corrected chi connectivity index (χ2v) is 6.05. The SMILES string of the molecule is O=C(CC(=O)c1cccc(C(F)(F)F)c1NC(=O)CCl)Nc1nccs1. The zero-order valence-electron chi connectivity index (χ0n) is 12.9. The van der Waals surface area contributed by atoms with Crippen molar-refractivity contribution in [3.63, 3.8) is 0 Å². The highest BCUT2D eigenvalue weighted by Gasteiger charge is 2.36. The third-order valence-corrected chi connectivity index (χ3v) is 3.99. The molecule has 1 heterocycles. The molecular formula is C15H11ClF3N3O3S. The number of para-hydroxylation sites is 1. The van der Waals surface area contributed by atoms with Crippen LogP contribution in [-0.4, -0.2) is 28.5 Å². The minimum atomic E-state index is -4.81. The fourth-order valence-corrected chi connectivity index (χ4v) is 2.63. The molecule has 0 saturated heterocycles. The third kappa shape index (κ3) is 5.02. The molecule has 0 aliphatic heterocycles. The summed E-state index contributed by atoms with van der Waals surface area (Å²) in [6, 6.07) is 2.83. The Morgan fingerprint density at radius 1 is 1.15 bits per heavy atom. The van der Waals surface area contributed by atoms with E-state index in [1.165, 1.54) is 6.20 Å². The molecule has 0 aliphatic rings. The van der Waals surface area contributed by atoms with Crippen LogP contribution in [0.1, 0.15) is 22.3 Å². The number of aromatic nitrogens is 1. The maximum atomic E-state index is 13.2. The number of nitrogens with one attached hydrogen (secondary N) is 2. The molecule has 2 amide bonds. The molecule has 11 heteroatoms. The number of hydrogen-bond acceptors (Lipinski definition) is 5. The van der Waals surface area contributed by atoms with E-state index in [1.54, 1.807) is 5.38 Å². The average Bonchev–Trinajstić information content (AvgIpc) is 3.06. The molecule has 1 aromatic carbocycles. The van der Waals surface area contributed by atoms with Crippen molar-refractivity contribution in [1.82, 2.24) is 4.98 Å². The van der Waals surface area contributed by atoms with Gasteiger partial charge in [0.15, 0.2) is 10.9 Å². The van der Waals surface area contributed by atoms with Gasteiger partial charge in [-0.2, -0.15) is 13.2 Å². The van der Waals surface area contributed by atoms with Gasteiger partial charge < -0.3 is 10.6 Å². The number of carbonyl (C=O) groups is 3. The Morgan fingerprint density at radius 3 is 2.46 bits per heavy atom. The number of ketones is 1. The maximum Gasteiger partial charge on any atom is 0.418 e. The molecule has 0 aliphatic carbocycles. The number of thiazole rings is 1. The Balaban J connectivity index is 2.30. The lowest BCUT2D eigenvalue weighted by Gasteiger charge is -2.16. The van der Waals surface area contributed by atoms with Gasteiger partial charge in [0.25, 0.3) is 0 Å². The predicted octanol–water partition coefficient (Wildman–Crippen LogP) is 3.55. The summed E-state index contributed by atoms with van der Waals surface area (Å²) in [6.07, 6.45) is -4.09. The number of carbonyl (C=O) groups excluding carboxylic acids is 3. The molecule has 6 nitrogen and oxygen atoms in total. The van der Waals surface area contributed by atoms with Crippen LogP contribution in [0.4, 0.5) is 24.0 Å². The Bertz CT molecular complexity index is 825. The topological polar surface area (TPSA) is 88.2 Å². The molecular weight excluding hydrogens is 395 g/mol. The van der Waals surface area contributed by atoms with Crippen LogP contribution < -0.4 is 10.6 Å². The first-order chi connectivity index (χ1) is 12.2. The zero-order chi connectivity index (χ0) is 19.3. The molecule has 138 valence electrons. The number of amides is 2. The summed E-state index contributed by atoms with van der Waals surface area (Å²) < 4.78 is 39.5. The second kappa shape index (κ2) is 8.28. The number of benzene rings is 1. The molecule has 0 atom stereocenters. The quantitative estimate of drug-likeness (QED) is 0.437. The van der Waals surface area contributed by atoms with E-state index >= 15 is 0 Å². The zero-order valence-corrected chi connectivity index (χ0v) is 14.5. The van der Waals surface area contributed by atoms with Gasteiger partial charge in [-0.05, 0) is 12.1 Å². The van der Waals surface area contributed by atoms with Gasteiger partial charge in [0, 0.05) is 17.1 Å². The minimum Gasteiger partial charge on any atom is -0.324 e. The van der Waals surface area contributed by atoms with E-state index < -0.39 is 52.9 Å². The summed E-state index contributed by atoms with van der Waals surface area (Å²) in [5, 5.41) is 6.19. The predicted molar refractivity (Wildman–Crippen MR) is 90.5 cm³/mol. The van der Waals surface area contributed by atoms with Gasteiger partial charge in [-0.15, -0.1) is 22.9 Å². The number of anilines is 2. The molecule has 2 N–H and O–H groups in total. The van der Waals surface area contributed by atoms with Crippen LogP contribution in [0.3, 0.4) is 0 Å². The lowest BCUT2D eigenvalue weighted by atomic mass is 10.0. The molecule has 26 heavy (non-hydrogen) atoms. The molecule has 0 radical (unpaired) electrons. The highest BCUT2D eigenvalue weighted by Crippen LogP contribution is 2.37. The smallest absolute Gasteiger partial charge is 0.324 e. The molecule has 0 saturated carbocycles. The second-order valence-electron chi connectivity index (χ2n) is 4.89. The van der Waals surface area contributed by atoms with Gasteiger partial charge in [0.2, 0.25) is 11.8 Å². The van der Waals surface area contributed by atoms with E-state index in [-0.39, 0.29) is 5.13 Å². The summed E-state index contributed by atoms with van der Waals surface area (Å²) in [5.41, 5.74) is -2.37. The lowest BCUT2D eigenvalue weighted by Crippen LogP contribution is -2.22. The van der Waals surface area contributed by atoms with Crippen LogP contribution in [0.25, 0.3) is 0 Å². The summed E-state index contributed by atoms with van der Waals surface area (Å²) >= 11 is 6.44. The molecule has 2 aromatic rings. The maximum absolute atomic E-state index is 13.2. The van der Waals surface area contributed by atoms with Crippen LogP contribution in [0, 0.1) is 0 Å². The summed E-state index contributed by atoms with van der Waals surface area (Å²) in [4.78, 5) is 39.5. The van der Waals surface area contributed by atoms with Crippen LogP contribution in [-0.2, 0) is 15.8 Å². The fourth-order valence-electron chi connectivity index (χ4n) is 2.02. The number of alkyl halides is 4. The van der Waals surface area contributed by atoms with Crippen molar-refractivity contribution in [3.05, 3.63) is 40.9 Å². The van der Waals surface area contributed by atoms with Crippen LogP contribution in [0.2, 0.25) is 0 Å². The molecule has 2 rings (SSSR count). The normalized spacial score (nSPS) is 11.1. The van der Waals surface area contributed by atoms with Gasteiger partial charge in [-0.25, -0.2) is 4.98 Å². The van der Waals surface area contributed by atoms with Crippen LogP contribution in [0.5, 0.6) is 0 Å². The van der Waals surface area contributed by atoms with Crippen LogP contribution in [0.15, 0.2) is 29.8 Å². The van der Waals surface area contributed by atoms with Crippen LogP contribution >= 0.6 is 22.9 Å². The lowest BCUT2D eigenvalue weighted by molar-refractivity contribution is -0.137. The summed E-state index contributed by atoms with van der Waals surface area (Å²) in [5.74, 6) is -3.14. The number of hydrogen-bond donors (Lipinski definition) is 2. The Hall–Kier alpha value is -2.46. The van der Waals surface area contributed by atoms with Gasteiger partial charge in [-0.1, -0.05) is 6.07 Å². The number of Topliss-reactive ketones (excluding diaryl/α,β-unsaturated/α-hetero) is 1. The van der Waals surface area contributed by atoms with Crippen molar-refractivity contribution in [2.45, 2.75) is 12.6 Å². The fraction of sp³-hybridized carbons (Fsp3) is 0.200. The Morgan fingerprint density at radius 2 is 1.88 bits per heavy atom. The number of rotatable bonds is 6. The van der Waals surface area contributed by atoms with E-state index in [4.69, 9.17) is 11.6 Å². The first-order valence-electron chi connectivity index (χ1n) is 7.01. The van der Waals surface area contributed by atoms with E-state index in [0.717, 1.165) is 29.5 Å². The highest BCUT2D eigenvalue weighted by atomic mass is 35.5. The third-order valence-electron chi connectivity index (χ3n) is 3.06. The van der Waals surface area contributed by atoms with Crippen molar-refractivity contribution in [3.8, 4) is 0 Å². The van der Waals surface area contributed by atoms with E-state index in [0.29, 0.717) is 0 Å². The molecule has 0 spiro atoms. The van der Waals surface area contributed by atoms with E-state index in [1.807, 2.05) is 5.32 Å². The Labute approximate surface area is 154 Å². The molecule has 0 unspecified atom stereocenters. The van der Waals surface area contributed by atoms with E-state index in [2.05, 4.69) is 10.3 Å². The Kier molecular flexibility index (Phi) is 6.32. The summed E-state index contributed by atoms with van der Waals surface area (Å²) in [7, 11) is 0. The first-order valence-corrected chi connectivity index (χ1v) is 8.42. The van der Waals surface area contributed by atoms with Crippen molar-refractivity contribution in [1.29, 1.82) is 0 Å². The van der Waals surface area contributed by atoms with Crippen molar-refractivity contribution >= 4 is 51.4 Å². The van der Waals surface area contributed by atoms with Gasteiger partial charge in [0.1, 0.15) is 5.88 Å². The largest absolute Gasteiger partial charge is 0.418 e. The molecule has 0 bridgehead atoms. The average molecular weight is 406 g/mol. The van der Waals surface area contributed by atoms with Gasteiger partial charge >= 0.3 is 6.18 Å². The van der Waals surface area contributed by atoms with E-state index in [9.17, 15) is 27.6 Å². The highest BCUT2D eigenvalue weighted by molar-refractivity contribution is 7.13. The van der Waals surface area contributed by atoms with Crippen molar-refractivity contribution < 1.29 is 27.6 Å². The van der Waals surface area contributed by atoms with Crippen molar-refractivity contribution in [2.75, 3.05) is 16.5 Å². The molecule has 1 aromatic heterocycles. The minimum absolute atomic E-state index is 0.252. The summed E-state index contributed by atoms with van der Waals surface area (Å²) in [6.45, 7) is 0.